The molecular weight excluding hydrogens is 248 g/mol. The molecular formula is C11H20N6O2. The second-order valence-electron chi connectivity index (χ2n) is 4.46. The van der Waals surface area contributed by atoms with Gasteiger partial charge in [-0.05, 0) is 19.8 Å². The summed E-state index contributed by atoms with van der Waals surface area (Å²) in [5.41, 5.74) is 2.44. The number of rotatable bonds is 6. The summed E-state index contributed by atoms with van der Waals surface area (Å²) in [6, 6.07) is 0.259. The van der Waals surface area contributed by atoms with Gasteiger partial charge in [-0.25, -0.2) is 5.84 Å². The normalized spacial score (nSPS) is 16.5. The third-order valence-electron chi connectivity index (χ3n) is 2.83. The quantitative estimate of drug-likeness (QED) is 0.556. The van der Waals surface area contributed by atoms with E-state index in [2.05, 4.69) is 25.3 Å². The molecule has 2 rings (SSSR count). The average molecular weight is 268 g/mol. The molecule has 1 unspecified atom stereocenters. The molecule has 0 radical (unpaired) electrons. The maximum atomic E-state index is 5.59. The number of hydrogen-bond acceptors (Lipinski definition) is 8. The number of ether oxygens (including phenoxy) is 2. The molecule has 1 aromatic heterocycles. The highest BCUT2D eigenvalue weighted by molar-refractivity contribution is 5.38. The van der Waals surface area contributed by atoms with E-state index in [9.17, 15) is 0 Å². The minimum absolute atomic E-state index is 0.135. The lowest BCUT2D eigenvalue weighted by molar-refractivity contribution is 0.0855. The molecule has 2 heterocycles. The molecule has 0 bridgehead atoms. The second kappa shape index (κ2) is 6.48. The van der Waals surface area contributed by atoms with Crippen LogP contribution in [0.15, 0.2) is 0 Å². The fourth-order valence-corrected chi connectivity index (χ4v) is 1.97. The van der Waals surface area contributed by atoms with E-state index in [1.54, 1.807) is 7.11 Å². The van der Waals surface area contributed by atoms with Gasteiger partial charge in [0.25, 0.3) is 0 Å². The summed E-state index contributed by atoms with van der Waals surface area (Å²) in [5.74, 6) is 6.27. The number of aromatic nitrogens is 3. The molecule has 8 nitrogen and oxygen atoms in total. The molecule has 106 valence electrons. The van der Waals surface area contributed by atoms with E-state index in [4.69, 9.17) is 15.3 Å². The Bertz CT molecular complexity index is 410. The number of nitrogens with zero attached hydrogens (tertiary/aromatic N) is 4. The van der Waals surface area contributed by atoms with Crippen molar-refractivity contribution in [3.63, 3.8) is 0 Å². The van der Waals surface area contributed by atoms with Crippen LogP contribution in [0.2, 0.25) is 0 Å². The Labute approximate surface area is 112 Å². The summed E-state index contributed by atoms with van der Waals surface area (Å²) in [6.45, 7) is 4.25. The molecule has 3 N–H and O–H groups in total. The maximum absolute atomic E-state index is 5.59. The zero-order valence-corrected chi connectivity index (χ0v) is 11.3. The number of nitrogens with two attached hydrogens (primary N) is 1. The van der Waals surface area contributed by atoms with Crippen LogP contribution in [0.25, 0.3) is 0 Å². The Balaban J connectivity index is 2.15. The van der Waals surface area contributed by atoms with Crippen LogP contribution in [0.1, 0.15) is 19.8 Å². The molecule has 0 amide bonds. The first-order valence-corrected chi connectivity index (χ1v) is 6.36. The van der Waals surface area contributed by atoms with Crippen molar-refractivity contribution in [2.45, 2.75) is 25.9 Å². The Morgan fingerprint density at radius 2 is 2.05 bits per heavy atom. The van der Waals surface area contributed by atoms with Crippen LogP contribution in [0.3, 0.4) is 0 Å². The zero-order chi connectivity index (χ0) is 13.7. The number of methoxy groups -OCH3 is 1. The lowest BCUT2D eigenvalue weighted by Gasteiger charge is -2.17. The standard InChI is InChI=1S/C11H20N6O2/c1-8(7-18-2)19-11-14-9(16-12)13-10(15-11)17-5-3-4-6-17/h8H,3-7,12H2,1-2H3,(H,13,14,15,16). The molecule has 1 saturated heterocycles. The third-order valence-corrected chi connectivity index (χ3v) is 2.83. The molecule has 0 aliphatic carbocycles. The van der Waals surface area contributed by atoms with E-state index in [-0.39, 0.29) is 12.1 Å². The van der Waals surface area contributed by atoms with Gasteiger partial charge < -0.3 is 14.4 Å². The van der Waals surface area contributed by atoms with Crippen LogP contribution in [0.5, 0.6) is 6.01 Å². The summed E-state index contributed by atoms with van der Waals surface area (Å²) >= 11 is 0. The lowest BCUT2D eigenvalue weighted by Crippen LogP contribution is -2.24. The van der Waals surface area contributed by atoms with Crippen molar-refractivity contribution in [2.24, 2.45) is 5.84 Å². The third kappa shape index (κ3) is 3.65. The van der Waals surface area contributed by atoms with Crippen LogP contribution >= 0.6 is 0 Å². The largest absolute Gasteiger partial charge is 0.458 e. The van der Waals surface area contributed by atoms with Crippen LogP contribution < -0.4 is 20.9 Å². The fraction of sp³-hybridized carbons (Fsp3) is 0.727. The van der Waals surface area contributed by atoms with Gasteiger partial charge in [0.05, 0.1) is 6.61 Å². The number of hydrazine groups is 1. The van der Waals surface area contributed by atoms with Crippen molar-refractivity contribution in [1.29, 1.82) is 0 Å². The first-order valence-electron chi connectivity index (χ1n) is 6.36. The van der Waals surface area contributed by atoms with Crippen LogP contribution in [0.4, 0.5) is 11.9 Å². The van der Waals surface area contributed by atoms with Crippen LogP contribution in [0, 0.1) is 0 Å². The maximum Gasteiger partial charge on any atom is 0.323 e. The van der Waals surface area contributed by atoms with Crippen molar-refractivity contribution < 1.29 is 9.47 Å². The molecule has 1 aliphatic heterocycles. The van der Waals surface area contributed by atoms with Gasteiger partial charge in [-0.3, -0.25) is 5.43 Å². The summed E-state index contributed by atoms with van der Waals surface area (Å²) in [7, 11) is 1.62. The molecule has 1 fully saturated rings. The molecule has 0 aromatic carbocycles. The Kier molecular flexibility index (Phi) is 4.69. The highest BCUT2D eigenvalue weighted by atomic mass is 16.5. The molecule has 0 spiro atoms. The van der Waals surface area contributed by atoms with Crippen molar-refractivity contribution in [3.05, 3.63) is 0 Å². The highest BCUT2D eigenvalue weighted by Gasteiger charge is 2.18. The highest BCUT2D eigenvalue weighted by Crippen LogP contribution is 2.19. The fourth-order valence-electron chi connectivity index (χ4n) is 1.97. The lowest BCUT2D eigenvalue weighted by atomic mass is 10.4. The van der Waals surface area contributed by atoms with Gasteiger partial charge in [-0.2, -0.15) is 15.0 Å². The van der Waals surface area contributed by atoms with E-state index >= 15 is 0 Å². The summed E-state index contributed by atoms with van der Waals surface area (Å²) < 4.78 is 10.6. The van der Waals surface area contributed by atoms with Gasteiger partial charge in [0.15, 0.2) is 0 Å². The number of nitrogen functional groups attached to an aromatic ring is 1. The zero-order valence-electron chi connectivity index (χ0n) is 11.3. The molecule has 1 aliphatic rings. The predicted molar refractivity (Wildman–Crippen MR) is 71.1 cm³/mol. The van der Waals surface area contributed by atoms with Gasteiger partial charge >= 0.3 is 6.01 Å². The first-order chi connectivity index (χ1) is 9.22. The van der Waals surface area contributed by atoms with Gasteiger partial charge in [-0.1, -0.05) is 0 Å². The molecule has 1 aromatic rings. The van der Waals surface area contributed by atoms with E-state index in [1.807, 2.05) is 6.92 Å². The summed E-state index contributed by atoms with van der Waals surface area (Å²) in [6.07, 6.45) is 2.16. The second-order valence-corrected chi connectivity index (χ2v) is 4.46. The van der Waals surface area contributed by atoms with E-state index in [0.29, 0.717) is 18.5 Å². The van der Waals surface area contributed by atoms with Gasteiger partial charge in [0.2, 0.25) is 11.9 Å². The Hall–Kier alpha value is -1.67. The Morgan fingerprint density at radius 3 is 2.68 bits per heavy atom. The van der Waals surface area contributed by atoms with Gasteiger partial charge in [-0.15, -0.1) is 0 Å². The van der Waals surface area contributed by atoms with E-state index in [0.717, 1.165) is 25.9 Å². The number of nitrogens with one attached hydrogen (secondary N) is 1. The van der Waals surface area contributed by atoms with E-state index < -0.39 is 0 Å². The van der Waals surface area contributed by atoms with Gasteiger partial charge in [0.1, 0.15) is 6.10 Å². The van der Waals surface area contributed by atoms with Crippen LogP contribution in [-0.4, -0.2) is 47.9 Å². The first kappa shape index (κ1) is 13.8. The van der Waals surface area contributed by atoms with E-state index in [1.165, 1.54) is 0 Å². The SMILES string of the molecule is COCC(C)Oc1nc(NN)nc(N2CCCC2)n1. The molecule has 0 saturated carbocycles. The van der Waals surface area contributed by atoms with Crippen LogP contribution in [-0.2, 0) is 4.74 Å². The average Bonchev–Trinajstić information content (AvgIpc) is 2.92. The monoisotopic (exact) mass is 268 g/mol. The predicted octanol–water partition coefficient (Wildman–Crippen LogP) is 0.171. The number of hydrogen-bond donors (Lipinski definition) is 2. The molecule has 19 heavy (non-hydrogen) atoms. The molecule has 1 atom stereocenters. The minimum Gasteiger partial charge on any atom is -0.458 e. The minimum atomic E-state index is -0.135. The van der Waals surface area contributed by atoms with Crippen molar-refractivity contribution >= 4 is 11.9 Å². The number of anilines is 2. The molecule has 8 heteroatoms. The summed E-state index contributed by atoms with van der Waals surface area (Å²) in [5, 5.41) is 0. The summed E-state index contributed by atoms with van der Waals surface area (Å²) in [4.78, 5) is 14.7. The van der Waals surface area contributed by atoms with Crippen molar-refractivity contribution in [1.82, 2.24) is 15.0 Å². The van der Waals surface area contributed by atoms with Gasteiger partial charge in [0, 0.05) is 20.2 Å². The topological polar surface area (TPSA) is 98.4 Å². The van der Waals surface area contributed by atoms with Crippen molar-refractivity contribution in [3.8, 4) is 6.01 Å². The Morgan fingerprint density at radius 1 is 1.32 bits per heavy atom. The van der Waals surface area contributed by atoms with Crippen molar-refractivity contribution in [2.75, 3.05) is 37.1 Å². The smallest absolute Gasteiger partial charge is 0.323 e.